The molecule has 0 spiro atoms. The number of nitrogens with one attached hydrogen (secondary N) is 1. The molecule has 0 bridgehead atoms. The normalized spacial score (nSPS) is 12.9. The first kappa shape index (κ1) is 18.2. The van der Waals surface area contributed by atoms with Gasteiger partial charge in [-0.05, 0) is 30.4 Å². The standard InChI is InChI=1S/C20H26N4O2/c1-11(2)13(5)24-19-18(23-20(24)25)21-10-16(22-19)15-9-7-8-14(12(3)4)17(15)26-6/h7-13H,1-6H3,(H,21,23,25)/t13-/m1/s1. The number of nitrogens with zero attached hydrogens (tertiary/aromatic N) is 3. The molecular formula is C20H26N4O2. The molecule has 26 heavy (non-hydrogen) atoms. The molecule has 0 aliphatic rings. The molecule has 138 valence electrons. The fourth-order valence-electron chi connectivity index (χ4n) is 3.14. The van der Waals surface area contributed by atoms with Crippen molar-refractivity contribution in [1.82, 2.24) is 19.5 Å². The summed E-state index contributed by atoms with van der Waals surface area (Å²) >= 11 is 0. The number of para-hydroxylation sites is 1. The minimum absolute atomic E-state index is 0.0182. The van der Waals surface area contributed by atoms with E-state index in [0.29, 0.717) is 28.8 Å². The molecule has 0 unspecified atom stereocenters. The van der Waals surface area contributed by atoms with E-state index in [9.17, 15) is 4.79 Å². The maximum atomic E-state index is 12.4. The fourth-order valence-corrected chi connectivity index (χ4v) is 3.14. The van der Waals surface area contributed by atoms with Crippen LogP contribution in [-0.4, -0.2) is 26.6 Å². The Kier molecular flexibility index (Phi) is 4.85. The van der Waals surface area contributed by atoms with Gasteiger partial charge in [0.15, 0.2) is 11.3 Å². The largest absolute Gasteiger partial charge is 0.496 e. The summed E-state index contributed by atoms with van der Waals surface area (Å²) < 4.78 is 7.37. The highest BCUT2D eigenvalue weighted by molar-refractivity contribution is 5.75. The summed E-state index contributed by atoms with van der Waals surface area (Å²) in [6, 6.07) is 6.05. The first-order chi connectivity index (χ1) is 12.3. The van der Waals surface area contributed by atoms with Gasteiger partial charge in [0.25, 0.3) is 0 Å². The summed E-state index contributed by atoms with van der Waals surface area (Å²) in [5.74, 6) is 1.43. The molecule has 0 saturated carbocycles. The smallest absolute Gasteiger partial charge is 0.329 e. The lowest BCUT2D eigenvalue weighted by Gasteiger charge is -2.17. The second-order valence-electron chi connectivity index (χ2n) is 7.29. The molecule has 6 nitrogen and oxygen atoms in total. The Labute approximate surface area is 153 Å². The number of fused-ring (bicyclic) bond motifs is 1. The van der Waals surface area contributed by atoms with Gasteiger partial charge in [0.05, 0.1) is 19.0 Å². The maximum Gasteiger partial charge on any atom is 0.329 e. The van der Waals surface area contributed by atoms with Crippen molar-refractivity contribution in [2.75, 3.05) is 7.11 Å². The van der Waals surface area contributed by atoms with Crippen molar-refractivity contribution >= 4 is 11.3 Å². The van der Waals surface area contributed by atoms with Crippen molar-refractivity contribution in [2.45, 2.75) is 46.6 Å². The van der Waals surface area contributed by atoms with E-state index in [4.69, 9.17) is 9.72 Å². The summed E-state index contributed by atoms with van der Waals surface area (Å²) in [5, 5.41) is 0. The number of rotatable bonds is 5. The van der Waals surface area contributed by atoms with Crippen LogP contribution in [-0.2, 0) is 0 Å². The fraction of sp³-hybridized carbons (Fsp3) is 0.450. The summed E-state index contributed by atoms with van der Waals surface area (Å²) in [6.45, 7) is 10.5. The van der Waals surface area contributed by atoms with Crippen molar-refractivity contribution in [3.63, 3.8) is 0 Å². The second kappa shape index (κ2) is 6.94. The molecule has 1 aromatic carbocycles. The van der Waals surface area contributed by atoms with Crippen LogP contribution in [0.25, 0.3) is 22.6 Å². The monoisotopic (exact) mass is 354 g/mol. The predicted octanol–water partition coefficient (Wildman–Crippen LogP) is 4.14. The Hall–Kier alpha value is -2.63. The van der Waals surface area contributed by atoms with Crippen LogP contribution in [0.15, 0.2) is 29.2 Å². The molecule has 0 fully saturated rings. The van der Waals surface area contributed by atoms with E-state index < -0.39 is 0 Å². The van der Waals surface area contributed by atoms with Crippen molar-refractivity contribution in [2.24, 2.45) is 5.92 Å². The number of hydrogen-bond acceptors (Lipinski definition) is 4. The Morgan fingerprint density at radius 3 is 2.50 bits per heavy atom. The molecular weight excluding hydrogens is 328 g/mol. The number of aromatic nitrogens is 4. The van der Waals surface area contributed by atoms with Crippen molar-refractivity contribution in [1.29, 1.82) is 0 Å². The zero-order valence-electron chi connectivity index (χ0n) is 16.2. The van der Waals surface area contributed by atoms with Gasteiger partial charge in [0.2, 0.25) is 0 Å². The second-order valence-corrected chi connectivity index (χ2v) is 7.29. The van der Waals surface area contributed by atoms with Crippen molar-refractivity contribution in [3.05, 3.63) is 40.4 Å². The Balaban J connectivity index is 2.24. The summed E-state index contributed by atoms with van der Waals surface area (Å²) in [4.78, 5) is 24.4. The Morgan fingerprint density at radius 2 is 1.88 bits per heavy atom. The highest BCUT2D eigenvalue weighted by atomic mass is 16.5. The van der Waals surface area contributed by atoms with Gasteiger partial charge >= 0.3 is 5.69 Å². The first-order valence-electron chi connectivity index (χ1n) is 8.99. The van der Waals surface area contributed by atoms with Gasteiger partial charge in [-0.15, -0.1) is 0 Å². The van der Waals surface area contributed by atoms with E-state index in [1.54, 1.807) is 17.9 Å². The van der Waals surface area contributed by atoms with Crippen LogP contribution < -0.4 is 10.4 Å². The summed E-state index contributed by atoms with van der Waals surface area (Å²) in [6.07, 6.45) is 1.69. The van der Waals surface area contributed by atoms with Crippen LogP contribution in [0, 0.1) is 5.92 Å². The SMILES string of the molecule is COc1c(-c2cnc3[nH]c(=O)n([C@H](C)C(C)C)c3n2)cccc1C(C)C. The number of methoxy groups -OCH3 is 1. The molecule has 0 aliphatic carbocycles. The van der Waals surface area contributed by atoms with Gasteiger partial charge in [-0.1, -0.05) is 39.8 Å². The molecule has 3 aromatic rings. The average Bonchev–Trinajstić information content (AvgIpc) is 2.94. The van der Waals surface area contributed by atoms with Crippen LogP contribution in [0.5, 0.6) is 5.75 Å². The van der Waals surface area contributed by atoms with Crippen LogP contribution >= 0.6 is 0 Å². The quantitative estimate of drug-likeness (QED) is 0.747. The molecule has 3 rings (SSSR count). The van der Waals surface area contributed by atoms with E-state index >= 15 is 0 Å². The number of aromatic amines is 1. The lowest BCUT2D eigenvalue weighted by molar-refractivity contribution is 0.406. The van der Waals surface area contributed by atoms with Crippen molar-refractivity contribution < 1.29 is 4.74 Å². The van der Waals surface area contributed by atoms with Crippen LogP contribution in [0.3, 0.4) is 0 Å². The molecule has 6 heteroatoms. The van der Waals surface area contributed by atoms with Crippen LogP contribution in [0.2, 0.25) is 0 Å². The van der Waals surface area contributed by atoms with Gasteiger partial charge in [-0.2, -0.15) is 0 Å². The minimum Gasteiger partial charge on any atom is -0.496 e. The Morgan fingerprint density at radius 1 is 1.15 bits per heavy atom. The summed E-state index contributed by atoms with van der Waals surface area (Å²) in [5.41, 5.74) is 3.59. The third-order valence-electron chi connectivity index (χ3n) is 4.95. The number of H-pyrrole nitrogens is 1. The molecule has 2 heterocycles. The van der Waals surface area contributed by atoms with Crippen molar-refractivity contribution in [3.8, 4) is 17.0 Å². The lowest BCUT2D eigenvalue weighted by Crippen LogP contribution is -2.24. The Bertz CT molecular complexity index is 985. The topological polar surface area (TPSA) is 72.8 Å². The first-order valence-corrected chi connectivity index (χ1v) is 8.99. The van der Waals surface area contributed by atoms with Gasteiger partial charge < -0.3 is 4.74 Å². The molecule has 0 aliphatic heterocycles. The predicted molar refractivity (Wildman–Crippen MR) is 104 cm³/mol. The number of imidazole rings is 1. The molecule has 1 atom stereocenters. The van der Waals surface area contributed by atoms with Gasteiger partial charge in [0.1, 0.15) is 5.75 Å². The number of benzene rings is 1. The molecule has 0 saturated heterocycles. The molecule has 2 aromatic heterocycles. The maximum absolute atomic E-state index is 12.4. The van der Waals surface area contributed by atoms with Gasteiger partial charge in [0, 0.05) is 11.6 Å². The zero-order valence-corrected chi connectivity index (χ0v) is 16.2. The van der Waals surface area contributed by atoms with E-state index in [1.807, 2.05) is 19.1 Å². The van der Waals surface area contributed by atoms with Gasteiger partial charge in [-0.25, -0.2) is 14.8 Å². The third-order valence-corrected chi connectivity index (χ3v) is 4.95. The lowest BCUT2D eigenvalue weighted by atomic mass is 9.98. The zero-order chi connectivity index (χ0) is 19.0. The van der Waals surface area contributed by atoms with E-state index in [0.717, 1.165) is 16.9 Å². The van der Waals surface area contributed by atoms with Gasteiger partial charge in [-0.3, -0.25) is 9.55 Å². The third kappa shape index (κ3) is 3.00. The minimum atomic E-state index is -0.179. The average molecular weight is 354 g/mol. The summed E-state index contributed by atoms with van der Waals surface area (Å²) in [7, 11) is 1.67. The highest BCUT2D eigenvalue weighted by Crippen LogP contribution is 2.36. The van der Waals surface area contributed by atoms with E-state index in [1.165, 1.54) is 0 Å². The van der Waals surface area contributed by atoms with Crippen LogP contribution in [0.4, 0.5) is 0 Å². The number of hydrogen-bond donors (Lipinski definition) is 1. The number of ether oxygens (including phenoxy) is 1. The molecule has 0 amide bonds. The molecule has 0 radical (unpaired) electrons. The highest BCUT2D eigenvalue weighted by Gasteiger charge is 2.20. The molecule has 1 N–H and O–H groups in total. The van der Waals surface area contributed by atoms with Crippen LogP contribution in [0.1, 0.15) is 52.1 Å². The van der Waals surface area contributed by atoms with E-state index in [2.05, 4.69) is 43.7 Å². The van der Waals surface area contributed by atoms with E-state index in [-0.39, 0.29) is 11.7 Å².